The molecular formula is C28H47ClF6KN4O8+. The molecule has 0 aromatic carbocycles. The number of aromatic amines is 1. The number of fused-ring (bicyclic) bond motifs is 1. The van der Waals surface area contributed by atoms with Crippen LogP contribution in [0.25, 0.3) is 0 Å². The van der Waals surface area contributed by atoms with E-state index >= 15 is 0 Å². The van der Waals surface area contributed by atoms with Crippen molar-refractivity contribution in [3.8, 4) is 0 Å². The largest absolute Gasteiger partial charge is 1.00 e. The zero-order chi connectivity index (χ0) is 36.3. The fourth-order valence-corrected chi connectivity index (χ4v) is 3.84. The number of carbonyl (C=O) groups is 4. The number of nitrogens with two attached hydrogens (primary N) is 2. The first-order valence-corrected chi connectivity index (χ1v) is 14.4. The van der Waals surface area contributed by atoms with Gasteiger partial charge in [0.1, 0.15) is 5.78 Å². The number of hydrazine groups is 1. The van der Waals surface area contributed by atoms with Crippen LogP contribution in [0.2, 0.25) is 0 Å². The number of hydrogen-bond donors (Lipinski definition) is 4. The molecule has 0 spiro atoms. The summed E-state index contributed by atoms with van der Waals surface area (Å²) < 4.78 is 87.2. The van der Waals surface area contributed by atoms with Gasteiger partial charge in [-0.3, -0.25) is 21.6 Å². The number of ketones is 1. The number of ether oxygens (including phenoxy) is 3. The second kappa shape index (κ2) is 26.5. The van der Waals surface area contributed by atoms with Crippen LogP contribution in [0.1, 0.15) is 95.4 Å². The summed E-state index contributed by atoms with van der Waals surface area (Å²) in [5, 5.41) is 14.8. The summed E-state index contributed by atoms with van der Waals surface area (Å²) in [5.74, 6) is 2.58. The maximum absolute atomic E-state index is 12.6. The predicted octanol–water partition coefficient (Wildman–Crippen LogP) is 1.70. The van der Waals surface area contributed by atoms with Crippen LogP contribution in [0, 0.1) is 11.8 Å². The van der Waals surface area contributed by atoms with Gasteiger partial charge in [-0.1, -0.05) is 0 Å². The van der Waals surface area contributed by atoms with Crippen LogP contribution >= 0.6 is 12.4 Å². The normalized spacial score (nSPS) is 16.7. The van der Waals surface area contributed by atoms with E-state index in [2.05, 4.69) is 31.4 Å². The Labute approximate surface area is 324 Å². The van der Waals surface area contributed by atoms with Gasteiger partial charge in [0, 0.05) is 30.5 Å². The second-order valence-electron chi connectivity index (χ2n) is 10.7. The molecule has 0 radical (unpaired) electrons. The second-order valence-corrected chi connectivity index (χ2v) is 10.7. The molecule has 0 saturated heterocycles. The minimum Gasteiger partial charge on any atom is -0.461 e. The van der Waals surface area contributed by atoms with E-state index in [9.17, 15) is 45.5 Å². The smallest absolute Gasteiger partial charge is 0.461 e. The molecule has 2 atom stereocenters. The van der Waals surface area contributed by atoms with Crippen molar-refractivity contribution in [2.24, 2.45) is 23.5 Å². The Morgan fingerprint density at radius 2 is 1.25 bits per heavy atom. The molecule has 0 amide bonds. The molecule has 0 bridgehead atoms. The molecule has 2 unspecified atom stereocenters. The zero-order valence-corrected chi connectivity index (χ0v) is 32.2. The van der Waals surface area contributed by atoms with E-state index in [4.69, 9.17) is 9.84 Å². The Balaban J connectivity index is -0.000000282. The molecular weight excluding hydrogens is 709 g/mol. The molecule has 0 aliphatic heterocycles. The van der Waals surface area contributed by atoms with Gasteiger partial charge in [-0.25, -0.2) is 14.4 Å². The maximum Gasteiger partial charge on any atom is 1.00 e. The maximum atomic E-state index is 12.6. The Hall–Kier alpha value is -1.32. The SMILES string of the molecule is CC(C)(C)O.CCOC(=O)C(=O)OCC.CCOC(=O)c1n[nH]c2c1CCC(C(F)(F)F)C2.Cl.NN.O=C1CCCC(C(F)(F)F)C1.[K+]. The van der Waals surface area contributed by atoms with Crippen molar-refractivity contribution in [3.63, 3.8) is 0 Å². The van der Waals surface area contributed by atoms with E-state index in [0.717, 1.165) is 0 Å². The summed E-state index contributed by atoms with van der Waals surface area (Å²) in [7, 11) is 0. The average molecular weight is 756 g/mol. The number of rotatable bonds is 4. The van der Waals surface area contributed by atoms with Gasteiger partial charge in [-0.05, 0) is 67.2 Å². The summed E-state index contributed by atoms with van der Waals surface area (Å²) in [6.45, 7) is 10.7. The minimum absolute atomic E-state index is 0. The monoisotopic (exact) mass is 755 g/mol. The number of Topliss-reactive ketones (excluding diaryl/α,β-unsaturated/α-hetero) is 1. The van der Waals surface area contributed by atoms with Crippen molar-refractivity contribution in [3.05, 3.63) is 17.0 Å². The fourth-order valence-electron chi connectivity index (χ4n) is 3.84. The summed E-state index contributed by atoms with van der Waals surface area (Å²) in [5.41, 5.74) is 0.577. The number of aliphatic hydroxyl groups is 1. The molecule has 6 N–H and O–H groups in total. The van der Waals surface area contributed by atoms with Gasteiger partial charge in [0.05, 0.1) is 37.3 Å². The van der Waals surface area contributed by atoms with Gasteiger partial charge in [0.2, 0.25) is 0 Å². The van der Waals surface area contributed by atoms with Crippen LogP contribution < -0.4 is 63.1 Å². The third-order valence-corrected chi connectivity index (χ3v) is 5.74. The van der Waals surface area contributed by atoms with Gasteiger partial charge in [0.15, 0.2) is 5.69 Å². The van der Waals surface area contributed by atoms with Gasteiger partial charge < -0.3 is 19.3 Å². The number of carbonyl (C=O) groups excluding carboxylic acids is 4. The molecule has 2 aliphatic rings. The number of nitrogens with one attached hydrogen (secondary N) is 1. The van der Waals surface area contributed by atoms with E-state index in [1.807, 2.05) is 0 Å². The number of nitrogens with zero attached hydrogens (tertiary/aromatic N) is 1. The summed E-state index contributed by atoms with van der Waals surface area (Å²) in [6, 6.07) is 0. The first-order chi connectivity index (χ1) is 21.1. The van der Waals surface area contributed by atoms with E-state index in [1.165, 1.54) is 0 Å². The third kappa shape index (κ3) is 23.9. The molecule has 1 aromatic heterocycles. The molecule has 12 nitrogen and oxygen atoms in total. The van der Waals surface area contributed by atoms with Crippen molar-refractivity contribution < 1.29 is 116 Å². The molecule has 1 saturated carbocycles. The predicted molar refractivity (Wildman–Crippen MR) is 160 cm³/mol. The first-order valence-electron chi connectivity index (χ1n) is 14.4. The molecule has 276 valence electrons. The molecule has 2 aliphatic carbocycles. The number of hydrogen-bond acceptors (Lipinski definition) is 11. The van der Waals surface area contributed by atoms with Crippen molar-refractivity contribution in [1.82, 2.24) is 10.2 Å². The number of aromatic nitrogens is 2. The first kappa shape index (κ1) is 53.5. The van der Waals surface area contributed by atoms with Crippen LogP contribution in [0.3, 0.4) is 0 Å². The van der Waals surface area contributed by atoms with Crippen molar-refractivity contribution >= 4 is 36.1 Å². The standard InChI is InChI=1S/C11H13F3N2O2.C7H9F3O.C6H10O4.C4H10O.ClH.K.H4N2/c1-2-18-10(17)9-7-4-3-6(11(12,13)14)5-8(7)15-16-9;8-7(9,10)5-2-1-3-6(11)4-5;1-3-9-5(7)6(8)10-4-2;1-4(2,3)5;;;1-2/h6H,2-5H2,1H3,(H,15,16);5H,1-4H2;3-4H2,1-2H3;5H,1-3H3;1H;;1-2H2/q;;;;;+1;. The Kier molecular flexibility index (Phi) is 29.5. The van der Waals surface area contributed by atoms with Gasteiger partial charge in [-0.15, -0.1) is 12.4 Å². The van der Waals surface area contributed by atoms with Crippen LogP contribution in [0.4, 0.5) is 26.3 Å². The molecule has 48 heavy (non-hydrogen) atoms. The molecule has 1 aromatic rings. The van der Waals surface area contributed by atoms with Crippen LogP contribution in [0.15, 0.2) is 0 Å². The number of esters is 3. The fraction of sp³-hybridized carbons (Fsp3) is 0.750. The molecule has 1 heterocycles. The van der Waals surface area contributed by atoms with Crippen LogP contribution in [-0.4, -0.2) is 76.8 Å². The Morgan fingerprint density at radius 1 is 0.833 bits per heavy atom. The molecule has 1 fully saturated rings. The van der Waals surface area contributed by atoms with E-state index in [-0.39, 0.29) is 127 Å². The molecule has 3 rings (SSSR count). The minimum atomic E-state index is -4.20. The zero-order valence-electron chi connectivity index (χ0n) is 28.3. The van der Waals surface area contributed by atoms with Crippen LogP contribution in [0.5, 0.6) is 0 Å². The van der Waals surface area contributed by atoms with E-state index in [0.29, 0.717) is 24.1 Å². The van der Waals surface area contributed by atoms with E-state index in [1.54, 1.807) is 41.5 Å². The quantitative estimate of drug-likeness (QED) is 0.0664. The molecule has 20 heteroatoms. The number of halogens is 7. The topological polar surface area (TPSA) is 197 Å². The summed E-state index contributed by atoms with van der Waals surface area (Å²) in [6.07, 6.45) is -7.80. The van der Waals surface area contributed by atoms with Gasteiger partial charge in [-0.2, -0.15) is 31.4 Å². The number of alkyl halides is 6. The van der Waals surface area contributed by atoms with Crippen molar-refractivity contribution in [2.45, 2.75) is 104 Å². The van der Waals surface area contributed by atoms with Gasteiger partial charge >= 0.3 is 81.6 Å². The van der Waals surface area contributed by atoms with E-state index < -0.39 is 47.7 Å². The third-order valence-electron chi connectivity index (χ3n) is 5.74. The summed E-state index contributed by atoms with van der Waals surface area (Å²) in [4.78, 5) is 43.0. The van der Waals surface area contributed by atoms with Crippen molar-refractivity contribution in [2.75, 3.05) is 19.8 Å². The number of H-pyrrole nitrogens is 1. The Morgan fingerprint density at radius 3 is 1.60 bits per heavy atom. The van der Waals surface area contributed by atoms with Gasteiger partial charge in [0.25, 0.3) is 0 Å². The Bertz CT molecular complexity index is 1060. The van der Waals surface area contributed by atoms with Crippen LogP contribution in [-0.2, 0) is 41.4 Å². The summed E-state index contributed by atoms with van der Waals surface area (Å²) >= 11 is 0. The van der Waals surface area contributed by atoms with Crippen molar-refractivity contribution in [1.29, 1.82) is 0 Å². The average Bonchev–Trinajstić information content (AvgIpc) is 3.37.